The highest BCUT2D eigenvalue weighted by Crippen LogP contribution is 2.29. The van der Waals surface area contributed by atoms with Crippen LogP contribution in [0.4, 0.5) is 11.5 Å². The smallest absolute Gasteiger partial charge is 0.346 e. The van der Waals surface area contributed by atoms with Gasteiger partial charge in [0.15, 0.2) is 0 Å². The topological polar surface area (TPSA) is 98.8 Å². The summed E-state index contributed by atoms with van der Waals surface area (Å²) < 4.78 is 6.38. The van der Waals surface area contributed by atoms with Gasteiger partial charge >= 0.3 is 5.69 Å². The van der Waals surface area contributed by atoms with Crippen molar-refractivity contribution in [3.05, 3.63) is 74.5 Å². The lowest BCUT2D eigenvalue weighted by Gasteiger charge is -2.23. The Kier molecular flexibility index (Phi) is 12.5. The zero-order valence-electron chi connectivity index (χ0n) is 26.7. The molecule has 1 aromatic carbocycles. The number of nitrogens with zero attached hydrogens (tertiary/aromatic N) is 4. The Morgan fingerprint density at radius 1 is 1.16 bits per heavy atom. The summed E-state index contributed by atoms with van der Waals surface area (Å²) in [6.07, 6.45) is 4.39. The van der Waals surface area contributed by atoms with Gasteiger partial charge in [-0.1, -0.05) is 59.2 Å². The average Bonchev–Trinajstić information content (AvgIpc) is 3.46. The van der Waals surface area contributed by atoms with Crippen LogP contribution in [-0.4, -0.2) is 60.4 Å². The van der Waals surface area contributed by atoms with Gasteiger partial charge in [-0.2, -0.15) is 0 Å². The van der Waals surface area contributed by atoms with Gasteiger partial charge in [-0.15, -0.1) is 11.3 Å². The van der Waals surface area contributed by atoms with Crippen LogP contribution in [0.5, 0.6) is 0 Å². The van der Waals surface area contributed by atoms with Crippen LogP contribution < -0.4 is 15.5 Å². The zero-order chi connectivity index (χ0) is 31.6. The molecule has 1 atom stereocenters. The van der Waals surface area contributed by atoms with Crippen LogP contribution in [0.15, 0.2) is 52.8 Å². The summed E-state index contributed by atoms with van der Waals surface area (Å²) in [4.78, 5) is 50.4. The van der Waals surface area contributed by atoms with E-state index in [1.54, 1.807) is 21.1 Å². The first-order valence-electron chi connectivity index (χ1n) is 15.0. The number of fused-ring (bicyclic) bond motifs is 1. The summed E-state index contributed by atoms with van der Waals surface area (Å²) in [5.41, 5.74) is 2.09. The lowest BCUT2D eigenvalue weighted by atomic mass is 10.0. The van der Waals surface area contributed by atoms with E-state index in [9.17, 15) is 14.4 Å². The first-order chi connectivity index (χ1) is 20.4. The van der Waals surface area contributed by atoms with Crippen molar-refractivity contribution in [2.45, 2.75) is 73.0 Å². The van der Waals surface area contributed by atoms with Crippen LogP contribution in [0.2, 0.25) is 0 Å². The highest BCUT2D eigenvalue weighted by molar-refractivity contribution is 7.10. The van der Waals surface area contributed by atoms with Crippen molar-refractivity contribution in [2.75, 3.05) is 43.5 Å². The maximum Gasteiger partial charge on any atom is 0.346 e. The molecule has 3 aromatic rings. The molecule has 2 aromatic heterocycles. The predicted molar refractivity (Wildman–Crippen MR) is 175 cm³/mol. The first-order valence-corrected chi connectivity index (χ1v) is 15.9. The lowest BCUT2D eigenvalue weighted by molar-refractivity contribution is -0.130. The van der Waals surface area contributed by atoms with Gasteiger partial charge in [0.05, 0.1) is 18.3 Å². The Balaban J connectivity index is 0.000000934. The van der Waals surface area contributed by atoms with Crippen LogP contribution >= 0.6 is 11.3 Å². The Labute approximate surface area is 259 Å². The molecule has 1 N–H and O–H groups in total. The van der Waals surface area contributed by atoms with Crippen molar-refractivity contribution in [1.29, 1.82) is 0 Å². The third-order valence-corrected chi connectivity index (χ3v) is 7.70. The van der Waals surface area contributed by atoms with Crippen molar-refractivity contribution < 1.29 is 14.3 Å². The largest absolute Gasteiger partial charge is 0.368 e. The number of rotatable bonds is 11. The number of aromatic nitrogens is 2. The van der Waals surface area contributed by atoms with Gasteiger partial charge in [-0.3, -0.25) is 14.6 Å². The predicted octanol–water partition coefficient (Wildman–Crippen LogP) is 6.28. The molecule has 0 saturated heterocycles. The van der Waals surface area contributed by atoms with Gasteiger partial charge in [0.2, 0.25) is 5.91 Å². The number of anilines is 2. The molecule has 0 fully saturated rings. The number of nitrogens with one attached hydrogen (secondary N) is 1. The summed E-state index contributed by atoms with van der Waals surface area (Å²) in [5, 5.41) is 2.03. The second kappa shape index (κ2) is 15.8. The number of hydrogen-bond acceptors (Lipinski definition) is 7. The average molecular weight is 610 g/mol. The van der Waals surface area contributed by atoms with Gasteiger partial charge in [0, 0.05) is 56.9 Å². The summed E-state index contributed by atoms with van der Waals surface area (Å²) in [7, 11) is 3.70. The molecule has 10 heteroatoms. The molecule has 4 rings (SSSR count). The van der Waals surface area contributed by atoms with Crippen molar-refractivity contribution in [3.8, 4) is 0 Å². The number of ether oxygens (including phenoxy) is 1. The number of benzene rings is 1. The van der Waals surface area contributed by atoms with Gasteiger partial charge in [0.25, 0.3) is 5.91 Å². The fourth-order valence-corrected chi connectivity index (χ4v) is 5.25. The minimum atomic E-state index is -0.479. The molecular weight excluding hydrogens is 562 g/mol. The Hall–Kier alpha value is -3.50. The molecule has 3 heterocycles. The molecular formula is C33H47N5O4S. The van der Waals surface area contributed by atoms with Crippen LogP contribution in [0.1, 0.15) is 87.2 Å². The molecule has 234 valence electrons. The number of carbonyl (C=O) groups is 2. The highest BCUT2D eigenvalue weighted by Gasteiger charge is 2.27. The van der Waals surface area contributed by atoms with Crippen LogP contribution in [0, 0.1) is 5.41 Å². The second-order valence-corrected chi connectivity index (χ2v) is 13.5. The molecule has 0 spiro atoms. The first kappa shape index (κ1) is 34.0. The molecule has 1 aliphatic heterocycles. The molecule has 0 bridgehead atoms. The zero-order valence-corrected chi connectivity index (χ0v) is 27.5. The molecule has 0 radical (unpaired) electrons. The minimum Gasteiger partial charge on any atom is -0.368 e. The SMILES string of the molecule is CC(C)(C)C.CCCCC(=O)N(C)CCC(OCc1cccc(N2CCN(C)c3[nH]c(=O)ncc3C2=O)c1)c1cccs1. The molecule has 0 aliphatic carbocycles. The molecule has 9 nitrogen and oxygen atoms in total. The fourth-order valence-electron chi connectivity index (χ4n) is 4.45. The summed E-state index contributed by atoms with van der Waals surface area (Å²) >= 11 is 1.65. The maximum absolute atomic E-state index is 13.4. The van der Waals surface area contributed by atoms with E-state index in [0.29, 0.717) is 55.9 Å². The fraction of sp³-hybridized carbons (Fsp3) is 0.515. The summed E-state index contributed by atoms with van der Waals surface area (Å²) in [6.45, 7) is 12.9. The maximum atomic E-state index is 13.4. The standard InChI is InChI=1S/C28H35N5O4S.C5H12/c1-4-5-11-25(34)31(2)13-12-23(24-10-7-16-38-24)37-19-20-8-6-9-21(17-20)33-15-14-32(3)26-22(27(33)35)18-29-28(36)30-26;1-5(2,3)4/h6-10,16-18,23H,4-5,11-15,19H2,1-3H3,(H,29,30,36);1-4H3. The van der Waals surface area contributed by atoms with Crippen LogP contribution in [0.25, 0.3) is 0 Å². The van der Waals surface area contributed by atoms with Crippen molar-refractivity contribution in [3.63, 3.8) is 0 Å². The van der Waals surface area contributed by atoms with E-state index in [0.717, 1.165) is 29.0 Å². The number of unbranched alkanes of at least 4 members (excludes halogenated alkanes) is 1. The van der Waals surface area contributed by atoms with Crippen molar-refractivity contribution in [2.24, 2.45) is 5.41 Å². The molecule has 1 aliphatic rings. The van der Waals surface area contributed by atoms with Gasteiger partial charge in [-0.05, 0) is 47.4 Å². The number of amides is 2. The highest BCUT2D eigenvalue weighted by atomic mass is 32.1. The quantitative estimate of drug-likeness (QED) is 0.275. The second-order valence-electron chi connectivity index (χ2n) is 12.5. The normalized spacial score (nSPS) is 14.0. The third kappa shape index (κ3) is 10.6. The van der Waals surface area contributed by atoms with E-state index in [1.807, 2.05) is 54.7 Å². The van der Waals surface area contributed by atoms with E-state index in [1.165, 1.54) is 6.20 Å². The van der Waals surface area contributed by atoms with Gasteiger partial charge < -0.3 is 19.4 Å². The van der Waals surface area contributed by atoms with E-state index in [4.69, 9.17) is 4.74 Å². The van der Waals surface area contributed by atoms with Crippen molar-refractivity contribution in [1.82, 2.24) is 14.9 Å². The number of thiophene rings is 1. The van der Waals surface area contributed by atoms with E-state index in [-0.39, 0.29) is 17.9 Å². The monoisotopic (exact) mass is 609 g/mol. The van der Waals surface area contributed by atoms with Gasteiger partial charge in [0.1, 0.15) is 5.82 Å². The number of carbonyl (C=O) groups excluding carboxylic acids is 2. The molecule has 0 saturated carbocycles. The molecule has 1 unspecified atom stereocenters. The van der Waals surface area contributed by atoms with Crippen LogP contribution in [0.3, 0.4) is 0 Å². The number of likely N-dealkylation sites (N-methyl/N-ethyl adjacent to an activating group) is 1. The Bertz CT molecular complexity index is 1380. The number of aromatic amines is 1. The van der Waals surface area contributed by atoms with E-state index >= 15 is 0 Å². The van der Waals surface area contributed by atoms with E-state index < -0.39 is 5.69 Å². The lowest BCUT2D eigenvalue weighted by Crippen LogP contribution is -2.33. The molecule has 2 amide bonds. The van der Waals surface area contributed by atoms with E-state index in [2.05, 4.69) is 50.7 Å². The summed E-state index contributed by atoms with van der Waals surface area (Å²) in [6, 6.07) is 11.8. The number of H-pyrrole nitrogens is 1. The van der Waals surface area contributed by atoms with Gasteiger partial charge in [-0.25, -0.2) is 9.78 Å². The Morgan fingerprint density at radius 2 is 1.91 bits per heavy atom. The molecule has 43 heavy (non-hydrogen) atoms. The van der Waals surface area contributed by atoms with Crippen LogP contribution in [-0.2, 0) is 16.1 Å². The third-order valence-electron chi connectivity index (χ3n) is 6.74. The summed E-state index contributed by atoms with van der Waals surface area (Å²) in [5.74, 6) is 0.436. The van der Waals surface area contributed by atoms with Crippen molar-refractivity contribution >= 4 is 34.7 Å². The number of hydrogen-bond donors (Lipinski definition) is 1. The minimum absolute atomic E-state index is 0.136. The Morgan fingerprint density at radius 3 is 2.58 bits per heavy atom.